The van der Waals surface area contributed by atoms with Gasteiger partial charge in [-0.2, -0.15) is 0 Å². The van der Waals surface area contributed by atoms with Crippen molar-refractivity contribution in [2.24, 2.45) is 0 Å². The molecule has 122 valence electrons. The Morgan fingerprint density at radius 3 is 2.67 bits per heavy atom. The first-order valence-electron chi connectivity index (χ1n) is 7.93. The van der Waals surface area contributed by atoms with Gasteiger partial charge in [-0.1, -0.05) is 30.3 Å². The van der Waals surface area contributed by atoms with Crippen molar-refractivity contribution >= 4 is 56.5 Å². The predicted molar refractivity (Wildman–Crippen MR) is 108 cm³/mol. The molecular weight excluding hydrogens is 354 g/mol. The number of thioether (sulfide) groups is 2. The van der Waals surface area contributed by atoms with Crippen LogP contribution in [0.2, 0.25) is 0 Å². The van der Waals surface area contributed by atoms with Gasteiger partial charge in [0, 0.05) is 10.4 Å². The fourth-order valence-electron chi connectivity index (χ4n) is 2.73. The summed E-state index contributed by atoms with van der Waals surface area (Å²) in [5.41, 5.74) is 2.17. The van der Waals surface area contributed by atoms with Gasteiger partial charge in [0.2, 0.25) is 0 Å². The summed E-state index contributed by atoms with van der Waals surface area (Å²) in [6.45, 7) is 0. The van der Waals surface area contributed by atoms with Gasteiger partial charge < -0.3 is 5.32 Å². The first-order chi connectivity index (χ1) is 11.8. The van der Waals surface area contributed by atoms with Gasteiger partial charge in [0.1, 0.15) is 0 Å². The van der Waals surface area contributed by atoms with Crippen LogP contribution in [0, 0.1) is 0 Å². The van der Waals surface area contributed by atoms with E-state index in [1.54, 1.807) is 0 Å². The van der Waals surface area contributed by atoms with Crippen molar-refractivity contribution in [3.63, 3.8) is 0 Å². The number of carbonyl (C=O) groups is 1. The third-order valence-corrected chi connectivity index (χ3v) is 8.02. The molecule has 2 heterocycles. The van der Waals surface area contributed by atoms with Gasteiger partial charge >= 0.3 is 0 Å². The quantitative estimate of drug-likeness (QED) is 0.610. The summed E-state index contributed by atoms with van der Waals surface area (Å²) >= 11 is 5.53. The first kappa shape index (κ1) is 16.1. The number of fused-ring (bicyclic) bond motifs is 1. The Balaban J connectivity index is 1.52. The van der Waals surface area contributed by atoms with Gasteiger partial charge in [-0.3, -0.25) is 4.79 Å². The molecule has 24 heavy (non-hydrogen) atoms. The van der Waals surface area contributed by atoms with E-state index < -0.39 is 0 Å². The predicted octanol–water partition coefficient (Wildman–Crippen LogP) is 6.02. The Hall–Kier alpha value is -1.43. The van der Waals surface area contributed by atoms with Crippen LogP contribution in [0.3, 0.4) is 0 Å². The zero-order valence-electron chi connectivity index (χ0n) is 13.0. The summed E-state index contributed by atoms with van der Waals surface area (Å²) in [4.78, 5) is 13.3. The summed E-state index contributed by atoms with van der Waals surface area (Å²) in [5, 5.41) is 4.17. The van der Waals surface area contributed by atoms with Crippen LogP contribution >= 0.6 is 34.9 Å². The van der Waals surface area contributed by atoms with Gasteiger partial charge in [0.15, 0.2) is 0 Å². The van der Waals surface area contributed by atoms with Gasteiger partial charge in [-0.15, -0.1) is 34.9 Å². The molecule has 1 aliphatic rings. The van der Waals surface area contributed by atoms with Crippen molar-refractivity contribution in [2.75, 3.05) is 16.8 Å². The van der Waals surface area contributed by atoms with E-state index >= 15 is 0 Å². The van der Waals surface area contributed by atoms with Gasteiger partial charge in [-0.05, 0) is 53.1 Å². The Morgan fingerprint density at radius 1 is 1.00 bits per heavy atom. The van der Waals surface area contributed by atoms with E-state index in [-0.39, 0.29) is 5.91 Å². The molecule has 1 N–H and O–H groups in total. The van der Waals surface area contributed by atoms with Crippen molar-refractivity contribution in [1.82, 2.24) is 0 Å². The van der Waals surface area contributed by atoms with Crippen molar-refractivity contribution in [2.45, 2.75) is 11.0 Å². The molecule has 1 amide bonds. The second kappa shape index (κ2) is 7.21. The number of benzene rings is 2. The molecule has 1 saturated heterocycles. The molecule has 0 bridgehead atoms. The molecule has 2 nitrogen and oxygen atoms in total. The highest BCUT2D eigenvalue weighted by Crippen LogP contribution is 2.44. The summed E-state index contributed by atoms with van der Waals surface area (Å²) in [5.74, 6) is 2.41. The SMILES string of the molecule is O=C(Nc1cccc(C2SCCCS2)c1)c1cc2ccccc2s1. The van der Waals surface area contributed by atoms with Crippen molar-refractivity contribution in [1.29, 1.82) is 0 Å². The van der Waals surface area contributed by atoms with Crippen LogP contribution in [0.1, 0.15) is 26.2 Å². The van der Waals surface area contributed by atoms with E-state index in [2.05, 4.69) is 23.5 Å². The van der Waals surface area contributed by atoms with E-state index in [1.165, 1.54) is 34.8 Å². The number of thiophene rings is 1. The Kier molecular flexibility index (Phi) is 4.83. The molecule has 3 aromatic rings. The maximum atomic E-state index is 12.6. The van der Waals surface area contributed by atoms with Crippen molar-refractivity contribution in [3.05, 3.63) is 65.0 Å². The lowest BCUT2D eigenvalue weighted by Crippen LogP contribution is -2.10. The molecule has 1 aliphatic heterocycles. The molecule has 1 aromatic heterocycles. The maximum absolute atomic E-state index is 12.6. The van der Waals surface area contributed by atoms with Crippen LogP contribution in [-0.2, 0) is 0 Å². The summed E-state index contributed by atoms with van der Waals surface area (Å²) < 4.78 is 1.63. The van der Waals surface area contributed by atoms with Crippen molar-refractivity contribution < 1.29 is 4.79 Å². The van der Waals surface area contributed by atoms with Gasteiger partial charge in [-0.25, -0.2) is 0 Å². The van der Waals surface area contributed by atoms with Crippen LogP contribution in [0.5, 0.6) is 0 Å². The molecule has 1 fully saturated rings. The minimum absolute atomic E-state index is 0.0303. The molecule has 0 atom stereocenters. The average molecular weight is 372 g/mol. The normalized spacial score (nSPS) is 15.5. The van der Waals surface area contributed by atoms with Crippen LogP contribution in [0.15, 0.2) is 54.6 Å². The van der Waals surface area contributed by atoms with E-state index in [9.17, 15) is 4.79 Å². The third kappa shape index (κ3) is 3.48. The maximum Gasteiger partial charge on any atom is 0.265 e. The number of amides is 1. The number of hydrogen-bond donors (Lipinski definition) is 1. The molecule has 5 heteroatoms. The molecular formula is C19H17NOS3. The minimum Gasteiger partial charge on any atom is -0.321 e. The monoisotopic (exact) mass is 371 g/mol. The van der Waals surface area contributed by atoms with E-state index in [4.69, 9.17) is 0 Å². The minimum atomic E-state index is -0.0303. The Bertz CT molecular complexity index is 835. The second-order valence-corrected chi connectivity index (χ2v) is 9.46. The number of carbonyl (C=O) groups excluding carboxylic acids is 1. The molecule has 4 rings (SSSR count). The number of nitrogens with one attached hydrogen (secondary N) is 1. The van der Waals surface area contributed by atoms with E-state index in [0.29, 0.717) is 4.58 Å². The van der Waals surface area contributed by atoms with Gasteiger partial charge in [0.05, 0.1) is 9.46 Å². The van der Waals surface area contributed by atoms with Crippen molar-refractivity contribution in [3.8, 4) is 0 Å². The van der Waals surface area contributed by atoms with Crippen LogP contribution in [0.4, 0.5) is 5.69 Å². The highest BCUT2D eigenvalue weighted by molar-refractivity contribution is 8.16. The highest BCUT2D eigenvalue weighted by Gasteiger charge is 2.17. The molecule has 0 unspecified atom stereocenters. The topological polar surface area (TPSA) is 29.1 Å². The van der Waals surface area contributed by atoms with E-state index in [0.717, 1.165) is 20.7 Å². The fourth-order valence-corrected chi connectivity index (χ4v) is 6.56. The van der Waals surface area contributed by atoms with Crippen LogP contribution in [-0.4, -0.2) is 17.4 Å². The molecule has 0 spiro atoms. The number of hydrogen-bond acceptors (Lipinski definition) is 4. The Labute approximate surface area is 154 Å². The van der Waals surface area contributed by atoms with E-state index in [1.807, 2.05) is 59.9 Å². The third-order valence-electron chi connectivity index (χ3n) is 3.89. The Morgan fingerprint density at radius 2 is 1.83 bits per heavy atom. The van der Waals surface area contributed by atoms with Crippen LogP contribution < -0.4 is 5.32 Å². The summed E-state index contributed by atoms with van der Waals surface area (Å²) in [6.07, 6.45) is 1.29. The number of rotatable bonds is 3. The fraction of sp³-hybridized carbons (Fsp3) is 0.211. The largest absolute Gasteiger partial charge is 0.321 e. The second-order valence-electron chi connectivity index (χ2n) is 5.66. The molecule has 0 radical (unpaired) electrons. The zero-order chi connectivity index (χ0) is 16.4. The number of anilines is 1. The van der Waals surface area contributed by atoms with Gasteiger partial charge in [0.25, 0.3) is 5.91 Å². The molecule has 0 saturated carbocycles. The average Bonchev–Trinajstić information content (AvgIpc) is 3.07. The van der Waals surface area contributed by atoms with Crippen LogP contribution in [0.25, 0.3) is 10.1 Å². The zero-order valence-corrected chi connectivity index (χ0v) is 15.5. The smallest absolute Gasteiger partial charge is 0.265 e. The standard InChI is InChI=1S/C19H17NOS3/c21-18(17-12-13-5-1-2-8-16(13)24-17)20-15-7-3-6-14(11-15)19-22-9-4-10-23-19/h1-3,5-8,11-12,19H,4,9-10H2,(H,20,21). The summed E-state index contributed by atoms with van der Waals surface area (Å²) in [7, 11) is 0. The summed E-state index contributed by atoms with van der Waals surface area (Å²) in [6, 6.07) is 18.3. The molecule has 2 aromatic carbocycles. The lowest BCUT2D eigenvalue weighted by Gasteiger charge is -2.21. The highest BCUT2D eigenvalue weighted by atomic mass is 32.2. The molecule has 0 aliphatic carbocycles. The first-order valence-corrected chi connectivity index (χ1v) is 10.8. The lowest BCUT2D eigenvalue weighted by molar-refractivity contribution is 0.103. The lowest BCUT2D eigenvalue weighted by atomic mass is 10.2.